The highest BCUT2D eigenvalue weighted by Crippen LogP contribution is 2.23. The zero-order chi connectivity index (χ0) is 17.3. The minimum absolute atomic E-state index is 1.02. The van der Waals surface area contributed by atoms with E-state index in [2.05, 4.69) is 96.8 Å². The van der Waals surface area contributed by atoms with E-state index in [4.69, 9.17) is 0 Å². The second-order valence-electron chi connectivity index (χ2n) is 5.96. The Bertz CT molecular complexity index is 812. The van der Waals surface area contributed by atoms with Crippen LogP contribution in [0.3, 0.4) is 0 Å². The summed E-state index contributed by atoms with van der Waals surface area (Å²) in [6.45, 7) is 3.74. The van der Waals surface area contributed by atoms with Crippen LogP contribution in [-0.2, 0) is 0 Å². The van der Waals surface area contributed by atoms with Crippen LogP contribution in [0.2, 0.25) is 0 Å². The van der Waals surface area contributed by atoms with Crippen LogP contribution in [0.15, 0.2) is 97.6 Å². The lowest BCUT2D eigenvalue weighted by Crippen LogP contribution is -1.90. The van der Waals surface area contributed by atoms with Crippen molar-refractivity contribution >= 4 is 17.5 Å². The molecule has 0 fully saturated rings. The van der Waals surface area contributed by atoms with E-state index in [9.17, 15) is 0 Å². The summed E-state index contributed by atoms with van der Waals surface area (Å²) in [5.74, 6) is 0. The number of hydrogen-bond donors (Lipinski definition) is 1. The van der Waals surface area contributed by atoms with Crippen LogP contribution in [0, 0.1) is 0 Å². The van der Waals surface area contributed by atoms with Crippen molar-refractivity contribution in [3.05, 3.63) is 103 Å². The molecule has 0 amide bonds. The van der Waals surface area contributed by atoms with Crippen LogP contribution < -0.4 is 5.32 Å². The first-order valence-corrected chi connectivity index (χ1v) is 8.65. The quantitative estimate of drug-likeness (QED) is 0.361. The van der Waals surface area contributed by atoms with E-state index in [1.807, 2.05) is 12.1 Å². The standard InChI is InChI=1S/C24H23N/c1-2-3-4-6-9-20-12-16-23(17-13-20)25-24-18-14-22(15-19-24)21-10-7-5-8-11-21/h2,5-19,25H,1,3-4H2/b9-6+. The Morgan fingerprint density at radius 3 is 1.92 bits per heavy atom. The molecule has 124 valence electrons. The van der Waals surface area contributed by atoms with E-state index in [0.717, 1.165) is 24.2 Å². The van der Waals surface area contributed by atoms with Gasteiger partial charge in [0.05, 0.1) is 0 Å². The molecular formula is C24H23N. The van der Waals surface area contributed by atoms with Crippen LogP contribution in [0.5, 0.6) is 0 Å². The second-order valence-corrected chi connectivity index (χ2v) is 5.96. The fraction of sp³-hybridized carbons (Fsp3) is 0.0833. The van der Waals surface area contributed by atoms with E-state index in [-0.39, 0.29) is 0 Å². The maximum Gasteiger partial charge on any atom is 0.0384 e. The smallest absolute Gasteiger partial charge is 0.0384 e. The largest absolute Gasteiger partial charge is 0.356 e. The van der Waals surface area contributed by atoms with Gasteiger partial charge in [-0.3, -0.25) is 0 Å². The summed E-state index contributed by atoms with van der Waals surface area (Å²) < 4.78 is 0. The molecule has 0 unspecified atom stereocenters. The summed E-state index contributed by atoms with van der Waals surface area (Å²) in [7, 11) is 0. The van der Waals surface area contributed by atoms with Gasteiger partial charge in [0, 0.05) is 11.4 Å². The third kappa shape index (κ3) is 4.95. The number of nitrogens with one attached hydrogen (secondary N) is 1. The van der Waals surface area contributed by atoms with Gasteiger partial charge in [0.25, 0.3) is 0 Å². The lowest BCUT2D eigenvalue weighted by atomic mass is 10.1. The molecule has 1 nitrogen and oxygen atoms in total. The van der Waals surface area contributed by atoms with Crippen molar-refractivity contribution in [2.24, 2.45) is 0 Å². The summed E-state index contributed by atoms with van der Waals surface area (Å²) >= 11 is 0. The molecule has 3 rings (SSSR count). The Labute approximate surface area is 150 Å². The van der Waals surface area contributed by atoms with Gasteiger partial charge in [-0.2, -0.15) is 0 Å². The van der Waals surface area contributed by atoms with Crippen molar-refractivity contribution in [3.8, 4) is 11.1 Å². The molecule has 0 aliphatic rings. The highest BCUT2D eigenvalue weighted by atomic mass is 14.9. The molecule has 3 aromatic carbocycles. The summed E-state index contributed by atoms with van der Waals surface area (Å²) in [4.78, 5) is 0. The number of rotatable bonds is 7. The number of allylic oxidation sites excluding steroid dienone is 2. The van der Waals surface area contributed by atoms with Gasteiger partial charge in [-0.05, 0) is 53.8 Å². The number of unbranched alkanes of at least 4 members (excludes halogenated alkanes) is 1. The number of benzene rings is 3. The van der Waals surface area contributed by atoms with Crippen molar-refractivity contribution < 1.29 is 0 Å². The molecule has 0 aliphatic carbocycles. The number of anilines is 2. The van der Waals surface area contributed by atoms with Crippen molar-refractivity contribution in [2.75, 3.05) is 5.32 Å². The zero-order valence-corrected chi connectivity index (χ0v) is 14.4. The molecule has 0 spiro atoms. The van der Waals surface area contributed by atoms with E-state index < -0.39 is 0 Å². The van der Waals surface area contributed by atoms with E-state index in [1.165, 1.54) is 16.7 Å². The molecule has 0 bridgehead atoms. The molecule has 0 aromatic heterocycles. The van der Waals surface area contributed by atoms with Gasteiger partial charge in [0.1, 0.15) is 0 Å². The molecule has 25 heavy (non-hydrogen) atoms. The molecule has 1 N–H and O–H groups in total. The molecule has 0 heterocycles. The van der Waals surface area contributed by atoms with Crippen molar-refractivity contribution in [2.45, 2.75) is 12.8 Å². The third-order valence-corrected chi connectivity index (χ3v) is 4.04. The highest BCUT2D eigenvalue weighted by molar-refractivity contribution is 5.68. The first-order chi connectivity index (χ1) is 12.3. The predicted molar refractivity (Wildman–Crippen MR) is 110 cm³/mol. The van der Waals surface area contributed by atoms with Crippen LogP contribution >= 0.6 is 0 Å². The topological polar surface area (TPSA) is 12.0 Å². The van der Waals surface area contributed by atoms with Crippen LogP contribution in [0.1, 0.15) is 18.4 Å². The van der Waals surface area contributed by atoms with Crippen molar-refractivity contribution in [1.82, 2.24) is 0 Å². The Kier molecular flexibility index (Phi) is 5.84. The Hall–Kier alpha value is -3.06. The first kappa shape index (κ1) is 16.8. The Morgan fingerprint density at radius 1 is 0.680 bits per heavy atom. The Morgan fingerprint density at radius 2 is 1.28 bits per heavy atom. The first-order valence-electron chi connectivity index (χ1n) is 8.65. The van der Waals surface area contributed by atoms with Gasteiger partial charge >= 0.3 is 0 Å². The van der Waals surface area contributed by atoms with E-state index in [1.54, 1.807) is 0 Å². The van der Waals surface area contributed by atoms with Gasteiger partial charge in [-0.25, -0.2) is 0 Å². The van der Waals surface area contributed by atoms with Crippen molar-refractivity contribution in [1.29, 1.82) is 0 Å². The third-order valence-electron chi connectivity index (χ3n) is 4.04. The lowest BCUT2D eigenvalue weighted by molar-refractivity contribution is 1.06. The van der Waals surface area contributed by atoms with Crippen LogP contribution in [0.4, 0.5) is 11.4 Å². The fourth-order valence-electron chi connectivity index (χ4n) is 2.65. The van der Waals surface area contributed by atoms with Gasteiger partial charge in [0.15, 0.2) is 0 Å². The fourth-order valence-corrected chi connectivity index (χ4v) is 2.65. The van der Waals surface area contributed by atoms with Gasteiger partial charge in [-0.1, -0.05) is 72.8 Å². The highest BCUT2D eigenvalue weighted by Gasteiger charge is 1.98. The van der Waals surface area contributed by atoms with Crippen molar-refractivity contribution in [3.63, 3.8) is 0 Å². The summed E-state index contributed by atoms with van der Waals surface area (Å²) in [5.41, 5.74) is 5.87. The average Bonchev–Trinajstić information content (AvgIpc) is 2.68. The molecule has 3 aromatic rings. The maximum atomic E-state index is 3.74. The zero-order valence-electron chi connectivity index (χ0n) is 14.4. The normalized spacial score (nSPS) is 10.7. The molecule has 0 saturated carbocycles. The van der Waals surface area contributed by atoms with Gasteiger partial charge in [0.2, 0.25) is 0 Å². The van der Waals surface area contributed by atoms with Crippen LogP contribution in [-0.4, -0.2) is 0 Å². The molecule has 0 atom stereocenters. The van der Waals surface area contributed by atoms with E-state index in [0.29, 0.717) is 0 Å². The van der Waals surface area contributed by atoms with E-state index >= 15 is 0 Å². The molecule has 0 aliphatic heterocycles. The molecule has 1 heteroatoms. The second kappa shape index (κ2) is 8.70. The Balaban J connectivity index is 1.62. The summed E-state index contributed by atoms with van der Waals surface area (Å²) in [5, 5.41) is 3.45. The number of hydrogen-bond acceptors (Lipinski definition) is 1. The van der Waals surface area contributed by atoms with Gasteiger partial charge < -0.3 is 5.32 Å². The SMILES string of the molecule is C=CCC/C=C/c1ccc(Nc2ccc(-c3ccccc3)cc2)cc1. The maximum absolute atomic E-state index is 3.74. The monoisotopic (exact) mass is 325 g/mol. The molecule has 0 saturated heterocycles. The lowest BCUT2D eigenvalue weighted by Gasteiger charge is -2.08. The van der Waals surface area contributed by atoms with Crippen LogP contribution in [0.25, 0.3) is 17.2 Å². The summed E-state index contributed by atoms with van der Waals surface area (Å²) in [6.07, 6.45) is 8.35. The molecular weight excluding hydrogens is 302 g/mol. The summed E-state index contributed by atoms with van der Waals surface area (Å²) in [6, 6.07) is 27.4. The average molecular weight is 325 g/mol. The van der Waals surface area contributed by atoms with Gasteiger partial charge in [-0.15, -0.1) is 6.58 Å². The minimum atomic E-state index is 1.02. The molecule has 0 radical (unpaired) electrons. The predicted octanol–water partition coefficient (Wildman–Crippen LogP) is 7.08. The minimum Gasteiger partial charge on any atom is -0.356 e.